The summed E-state index contributed by atoms with van der Waals surface area (Å²) in [6.45, 7) is -0.221. The Balaban J connectivity index is 1.73. The van der Waals surface area contributed by atoms with Crippen molar-refractivity contribution in [3.05, 3.63) is 57.2 Å². The summed E-state index contributed by atoms with van der Waals surface area (Å²) in [5, 5.41) is 4.00. The molecule has 1 N–H and O–H groups in total. The molecule has 0 bridgehead atoms. The van der Waals surface area contributed by atoms with E-state index in [0.717, 1.165) is 9.99 Å². The normalized spacial score (nSPS) is 10.6. The van der Waals surface area contributed by atoms with E-state index in [1.54, 1.807) is 18.2 Å². The first-order chi connectivity index (χ1) is 11.5. The van der Waals surface area contributed by atoms with E-state index in [2.05, 4.69) is 31.2 Å². The van der Waals surface area contributed by atoms with E-state index in [9.17, 15) is 4.79 Å². The molecule has 0 aliphatic rings. The Kier molecular flexibility index (Phi) is 5.18. The minimum atomic E-state index is -0.374. The summed E-state index contributed by atoms with van der Waals surface area (Å²) in [4.78, 5) is 20.3. The van der Waals surface area contributed by atoms with Gasteiger partial charge >= 0.3 is 0 Å². The SMILES string of the molecule is O=C(COc1ncnc2ccc(Br)cc12)Nc1cccc(Cl)c1Cl. The van der Waals surface area contributed by atoms with E-state index in [1.807, 2.05) is 18.2 Å². The molecule has 0 unspecified atom stereocenters. The van der Waals surface area contributed by atoms with Crippen LogP contribution in [0.25, 0.3) is 10.9 Å². The third-order valence-electron chi connectivity index (χ3n) is 3.13. The van der Waals surface area contributed by atoms with Gasteiger partial charge in [-0.1, -0.05) is 45.2 Å². The summed E-state index contributed by atoms with van der Waals surface area (Å²) in [5.74, 6) is -0.0467. The van der Waals surface area contributed by atoms with Crippen molar-refractivity contribution in [3.8, 4) is 5.88 Å². The Bertz CT molecular complexity index is 921. The van der Waals surface area contributed by atoms with Gasteiger partial charge in [-0.2, -0.15) is 0 Å². The fourth-order valence-corrected chi connectivity index (χ4v) is 2.75. The molecule has 0 atom stereocenters. The number of fused-ring (bicyclic) bond motifs is 1. The van der Waals surface area contributed by atoms with Crippen LogP contribution in [0.4, 0.5) is 5.69 Å². The highest BCUT2D eigenvalue weighted by atomic mass is 79.9. The number of carbonyl (C=O) groups is 1. The zero-order valence-corrected chi connectivity index (χ0v) is 15.2. The molecule has 3 aromatic rings. The van der Waals surface area contributed by atoms with Gasteiger partial charge in [0, 0.05) is 4.47 Å². The number of amides is 1. The zero-order chi connectivity index (χ0) is 17.1. The van der Waals surface area contributed by atoms with Gasteiger partial charge in [-0.25, -0.2) is 9.97 Å². The van der Waals surface area contributed by atoms with Gasteiger partial charge in [0.15, 0.2) is 6.61 Å². The number of rotatable bonds is 4. The van der Waals surface area contributed by atoms with Crippen LogP contribution in [0.5, 0.6) is 5.88 Å². The van der Waals surface area contributed by atoms with Crippen molar-refractivity contribution in [3.63, 3.8) is 0 Å². The molecule has 0 aliphatic carbocycles. The average Bonchev–Trinajstić information content (AvgIpc) is 2.57. The van der Waals surface area contributed by atoms with Crippen molar-refractivity contribution in [2.45, 2.75) is 0 Å². The van der Waals surface area contributed by atoms with Crippen LogP contribution in [0.2, 0.25) is 10.0 Å². The number of anilines is 1. The number of halogens is 3. The van der Waals surface area contributed by atoms with Crippen molar-refractivity contribution in [1.29, 1.82) is 0 Å². The molecule has 0 saturated heterocycles. The largest absolute Gasteiger partial charge is 0.467 e. The number of hydrogen-bond acceptors (Lipinski definition) is 4. The molecule has 1 aromatic heterocycles. The molecule has 3 rings (SSSR count). The highest BCUT2D eigenvalue weighted by Gasteiger charge is 2.11. The molecule has 1 heterocycles. The lowest BCUT2D eigenvalue weighted by atomic mass is 10.2. The van der Waals surface area contributed by atoms with Crippen molar-refractivity contribution in [2.75, 3.05) is 11.9 Å². The molecule has 0 radical (unpaired) electrons. The molecule has 0 fully saturated rings. The van der Waals surface area contributed by atoms with Crippen LogP contribution in [0.1, 0.15) is 0 Å². The Hall–Kier alpha value is -1.89. The third-order valence-corrected chi connectivity index (χ3v) is 4.44. The maximum atomic E-state index is 12.1. The number of ether oxygens (including phenoxy) is 1. The van der Waals surface area contributed by atoms with Gasteiger partial charge in [0.1, 0.15) is 6.33 Å². The molecular weight excluding hydrogens is 417 g/mol. The van der Waals surface area contributed by atoms with E-state index in [0.29, 0.717) is 22.0 Å². The van der Waals surface area contributed by atoms with Crippen LogP contribution < -0.4 is 10.1 Å². The number of carbonyl (C=O) groups excluding carboxylic acids is 1. The van der Waals surface area contributed by atoms with Crippen LogP contribution in [0.15, 0.2) is 47.2 Å². The summed E-state index contributed by atoms with van der Waals surface area (Å²) in [5.41, 5.74) is 1.15. The van der Waals surface area contributed by atoms with Crippen LogP contribution >= 0.6 is 39.1 Å². The van der Waals surface area contributed by atoms with Crippen LogP contribution in [0.3, 0.4) is 0 Å². The third kappa shape index (κ3) is 3.77. The predicted octanol–water partition coefficient (Wildman–Crippen LogP) is 4.72. The zero-order valence-electron chi connectivity index (χ0n) is 12.1. The molecule has 5 nitrogen and oxygen atoms in total. The minimum Gasteiger partial charge on any atom is -0.467 e. The second-order valence-corrected chi connectivity index (χ2v) is 6.48. The van der Waals surface area contributed by atoms with Gasteiger partial charge in [-0.05, 0) is 30.3 Å². The van der Waals surface area contributed by atoms with Gasteiger partial charge in [0.05, 0.1) is 26.6 Å². The molecule has 122 valence electrons. The first-order valence-corrected chi connectivity index (χ1v) is 8.36. The van der Waals surface area contributed by atoms with Crippen molar-refractivity contribution >= 4 is 61.6 Å². The summed E-state index contributed by atoms with van der Waals surface area (Å²) >= 11 is 15.3. The predicted molar refractivity (Wildman–Crippen MR) is 97.8 cm³/mol. The van der Waals surface area contributed by atoms with Gasteiger partial charge in [0.25, 0.3) is 5.91 Å². The second-order valence-electron chi connectivity index (χ2n) is 4.78. The monoisotopic (exact) mass is 425 g/mol. The van der Waals surface area contributed by atoms with Crippen LogP contribution in [0, 0.1) is 0 Å². The van der Waals surface area contributed by atoms with Crippen molar-refractivity contribution in [1.82, 2.24) is 9.97 Å². The summed E-state index contributed by atoms with van der Waals surface area (Å²) in [6.07, 6.45) is 1.39. The first kappa shape index (κ1) is 17.0. The number of aromatic nitrogens is 2. The first-order valence-electron chi connectivity index (χ1n) is 6.81. The van der Waals surface area contributed by atoms with Gasteiger partial charge in [-0.15, -0.1) is 0 Å². The summed E-state index contributed by atoms with van der Waals surface area (Å²) in [6, 6.07) is 10.5. The van der Waals surface area contributed by atoms with Crippen molar-refractivity contribution in [2.24, 2.45) is 0 Å². The minimum absolute atomic E-state index is 0.221. The molecule has 24 heavy (non-hydrogen) atoms. The average molecular weight is 427 g/mol. The molecule has 0 saturated carbocycles. The molecular formula is C16H10BrCl2N3O2. The molecule has 2 aromatic carbocycles. The Morgan fingerprint density at radius 2 is 2.04 bits per heavy atom. The fraction of sp³-hybridized carbons (Fsp3) is 0.0625. The number of benzene rings is 2. The Labute approximate surface area is 156 Å². The standard InChI is InChI=1S/C16H10BrCl2N3O2/c17-9-4-5-12-10(6-9)16(21-8-20-12)24-7-14(23)22-13-3-1-2-11(18)15(13)19/h1-6,8H,7H2,(H,22,23). The second kappa shape index (κ2) is 7.34. The van der Waals surface area contributed by atoms with Crippen LogP contribution in [-0.2, 0) is 4.79 Å². The van der Waals surface area contributed by atoms with E-state index in [4.69, 9.17) is 27.9 Å². The summed E-state index contributed by atoms with van der Waals surface area (Å²) in [7, 11) is 0. The number of hydrogen-bond donors (Lipinski definition) is 1. The smallest absolute Gasteiger partial charge is 0.262 e. The van der Waals surface area contributed by atoms with Crippen LogP contribution in [-0.4, -0.2) is 22.5 Å². The molecule has 8 heteroatoms. The van der Waals surface area contributed by atoms with E-state index >= 15 is 0 Å². The lowest BCUT2D eigenvalue weighted by Gasteiger charge is -2.10. The van der Waals surface area contributed by atoms with Gasteiger partial charge in [0.2, 0.25) is 5.88 Å². The molecule has 1 amide bonds. The Morgan fingerprint density at radius 3 is 2.88 bits per heavy atom. The fourth-order valence-electron chi connectivity index (χ4n) is 2.04. The topological polar surface area (TPSA) is 64.1 Å². The maximum absolute atomic E-state index is 12.1. The lowest BCUT2D eigenvalue weighted by molar-refractivity contribution is -0.118. The number of nitrogens with one attached hydrogen (secondary N) is 1. The van der Waals surface area contributed by atoms with Gasteiger partial charge < -0.3 is 10.1 Å². The maximum Gasteiger partial charge on any atom is 0.262 e. The Morgan fingerprint density at radius 1 is 1.21 bits per heavy atom. The van der Waals surface area contributed by atoms with Crippen molar-refractivity contribution < 1.29 is 9.53 Å². The quantitative estimate of drug-likeness (QED) is 0.655. The molecule has 0 spiro atoms. The molecule has 0 aliphatic heterocycles. The summed E-state index contributed by atoms with van der Waals surface area (Å²) < 4.78 is 6.38. The van der Waals surface area contributed by atoms with E-state index in [-0.39, 0.29) is 17.5 Å². The lowest BCUT2D eigenvalue weighted by Crippen LogP contribution is -2.20. The highest BCUT2D eigenvalue weighted by Crippen LogP contribution is 2.29. The van der Waals surface area contributed by atoms with Gasteiger partial charge in [-0.3, -0.25) is 4.79 Å². The number of nitrogens with zero attached hydrogens (tertiary/aromatic N) is 2. The highest BCUT2D eigenvalue weighted by molar-refractivity contribution is 9.10. The van der Waals surface area contributed by atoms with E-state index < -0.39 is 0 Å². The van der Waals surface area contributed by atoms with E-state index in [1.165, 1.54) is 6.33 Å².